The number of likely N-dealkylation sites (N-methyl/N-ethyl adjacent to an activating group) is 1. The summed E-state index contributed by atoms with van der Waals surface area (Å²) < 4.78 is 5.81. The second kappa shape index (κ2) is 6.73. The fraction of sp³-hybridized carbons (Fsp3) is 1.00. The van der Waals surface area contributed by atoms with Gasteiger partial charge in [-0.3, -0.25) is 4.90 Å². The summed E-state index contributed by atoms with van der Waals surface area (Å²) in [7, 11) is 2.16. The minimum absolute atomic E-state index is 0.322. The van der Waals surface area contributed by atoms with Gasteiger partial charge >= 0.3 is 0 Å². The van der Waals surface area contributed by atoms with Crippen molar-refractivity contribution in [3.8, 4) is 0 Å². The number of aliphatic hydroxyl groups excluding tert-OH is 1. The van der Waals surface area contributed by atoms with Crippen LogP contribution in [-0.2, 0) is 4.74 Å². The summed E-state index contributed by atoms with van der Waals surface area (Å²) in [4.78, 5) is 4.69. The van der Waals surface area contributed by atoms with Gasteiger partial charge in [0.15, 0.2) is 0 Å². The highest BCUT2D eigenvalue weighted by Gasteiger charge is 2.39. The van der Waals surface area contributed by atoms with Crippen molar-refractivity contribution < 1.29 is 9.84 Å². The third-order valence-corrected chi connectivity index (χ3v) is 5.59. The molecule has 1 saturated heterocycles. The van der Waals surface area contributed by atoms with E-state index in [-0.39, 0.29) is 6.10 Å². The molecule has 0 aromatic rings. The molecule has 3 rings (SSSR count). The molecule has 3 fully saturated rings. The molecule has 2 aliphatic carbocycles. The maximum atomic E-state index is 10.1. The Morgan fingerprint density at radius 3 is 2.60 bits per heavy atom. The van der Waals surface area contributed by atoms with Crippen LogP contribution in [0.1, 0.15) is 25.7 Å². The zero-order valence-corrected chi connectivity index (χ0v) is 12.8. The second-order valence-corrected chi connectivity index (χ2v) is 7.23. The molecule has 3 aliphatic rings. The van der Waals surface area contributed by atoms with Gasteiger partial charge in [0.25, 0.3) is 0 Å². The quantitative estimate of drug-likeness (QED) is 0.790. The molecule has 116 valence electrons. The van der Waals surface area contributed by atoms with Crippen LogP contribution >= 0.6 is 0 Å². The molecular formula is C16H30N2O2. The Morgan fingerprint density at radius 2 is 1.95 bits per heavy atom. The van der Waals surface area contributed by atoms with E-state index in [1.165, 1.54) is 25.7 Å². The highest BCUT2D eigenvalue weighted by Crippen LogP contribution is 2.48. The van der Waals surface area contributed by atoms with Gasteiger partial charge in [-0.2, -0.15) is 0 Å². The predicted octanol–water partition coefficient (Wildman–Crippen LogP) is 1.05. The number of β-amino-alcohol motifs (C(OH)–C–C–N with tert-alkyl or cyclic N) is 1. The van der Waals surface area contributed by atoms with Crippen LogP contribution in [0.3, 0.4) is 0 Å². The Hall–Kier alpha value is -0.160. The van der Waals surface area contributed by atoms with Crippen LogP contribution in [0, 0.1) is 17.8 Å². The number of fused-ring (bicyclic) bond motifs is 2. The first-order chi connectivity index (χ1) is 9.70. The topological polar surface area (TPSA) is 35.9 Å². The Labute approximate surface area is 123 Å². The van der Waals surface area contributed by atoms with Crippen molar-refractivity contribution in [1.29, 1.82) is 0 Å². The molecule has 1 N–H and O–H groups in total. The van der Waals surface area contributed by atoms with Crippen LogP contribution in [0.5, 0.6) is 0 Å². The van der Waals surface area contributed by atoms with Crippen molar-refractivity contribution >= 4 is 0 Å². The van der Waals surface area contributed by atoms with Gasteiger partial charge in [0.05, 0.1) is 12.7 Å². The van der Waals surface area contributed by atoms with Gasteiger partial charge in [-0.05, 0) is 44.1 Å². The summed E-state index contributed by atoms with van der Waals surface area (Å²) in [6.07, 6.45) is 5.37. The molecule has 0 amide bonds. The van der Waals surface area contributed by atoms with Gasteiger partial charge in [0, 0.05) is 39.3 Å². The fourth-order valence-corrected chi connectivity index (χ4v) is 4.32. The molecule has 1 aliphatic heterocycles. The molecular weight excluding hydrogens is 252 g/mol. The van der Waals surface area contributed by atoms with E-state index in [0.717, 1.165) is 57.1 Å². The van der Waals surface area contributed by atoms with E-state index in [0.29, 0.717) is 6.61 Å². The molecule has 0 aromatic carbocycles. The summed E-state index contributed by atoms with van der Waals surface area (Å²) in [5.74, 6) is 2.70. The Bertz CT molecular complexity index is 305. The highest BCUT2D eigenvalue weighted by atomic mass is 16.5. The molecule has 0 spiro atoms. The van der Waals surface area contributed by atoms with E-state index in [4.69, 9.17) is 4.74 Å². The van der Waals surface area contributed by atoms with Crippen molar-refractivity contribution in [1.82, 2.24) is 9.80 Å². The largest absolute Gasteiger partial charge is 0.389 e. The SMILES string of the molecule is CN1CCN(C[C@@H](O)COC[C@@H]2C[C@H]3CC[C@H]2C3)CC1. The van der Waals surface area contributed by atoms with Crippen LogP contribution in [0.2, 0.25) is 0 Å². The first-order valence-electron chi connectivity index (χ1n) is 8.37. The molecule has 20 heavy (non-hydrogen) atoms. The first-order valence-corrected chi connectivity index (χ1v) is 8.37. The van der Waals surface area contributed by atoms with Crippen LogP contribution in [0.25, 0.3) is 0 Å². The van der Waals surface area contributed by atoms with E-state index in [1.54, 1.807) is 0 Å². The number of nitrogens with zero attached hydrogens (tertiary/aromatic N) is 2. The van der Waals surface area contributed by atoms with Crippen molar-refractivity contribution in [3.63, 3.8) is 0 Å². The molecule has 0 radical (unpaired) electrons. The van der Waals surface area contributed by atoms with Crippen LogP contribution in [-0.4, -0.2) is 74.0 Å². The number of hydrogen-bond donors (Lipinski definition) is 1. The summed E-state index contributed by atoms with van der Waals surface area (Å²) in [6.45, 7) is 6.52. The molecule has 4 atom stereocenters. The predicted molar refractivity (Wildman–Crippen MR) is 79.7 cm³/mol. The maximum absolute atomic E-state index is 10.1. The zero-order valence-electron chi connectivity index (χ0n) is 12.8. The lowest BCUT2D eigenvalue weighted by Gasteiger charge is -2.33. The number of rotatable bonds is 6. The summed E-state index contributed by atoms with van der Waals surface area (Å²) in [5, 5.41) is 10.1. The summed E-state index contributed by atoms with van der Waals surface area (Å²) >= 11 is 0. The van der Waals surface area contributed by atoms with Gasteiger partial charge in [-0.25, -0.2) is 0 Å². The van der Waals surface area contributed by atoms with E-state index >= 15 is 0 Å². The van der Waals surface area contributed by atoms with Gasteiger partial charge in [-0.15, -0.1) is 0 Å². The third kappa shape index (κ3) is 3.73. The lowest BCUT2D eigenvalue weighted by molar-refractivity contribution is -0.00742. The lowest BCUT2D eigenvalue weighted by atomic mass is 9.90. The highest BCUT2D eigenvalue weighted by molar-refractivity contribution is 4.89. The smallest absolute Gasteiger partial charge is 0.0900 e. The summed E-state index contributed by atoms with van der Waals surface area (Å²) in [5.41, 5.74) is 0. The third-order valence-electron chi connectivity index (χ3n) is 5.59. The average Bonchev–Trinajstić information content (AvgIpc) is 3.04. The summed E-state index contributed by atoms with van der Waals surface area (Å²) in [6, 6.07) is 0. The standard InChI is InChI=1S/C16H30N2O2/c1-17-4-6-18(7-5-17)10-16(19)12-20-11-15-9-13-2-3-14(15)8-13/h13-16,19H,2-12H2,1H3/t13-,14-,15-,16+/m0/s1. The normalized spacial score (nSPS) is 36.6. The van der Waals surface area contributed by atoms with Crippen molar-refractivity contribution in [2.45, 2.75) is 31.8 Å². The molecule has 0 aromatic heterocycles. The van der Waals surface area contributed by atoms with Crippen molar-refractivity contribution in [2.24, 2.45) is 17.8 Å². The maximum Gasteiger partial charge on any atom is 0.0900 e. The van der Waals surface area contributed by atoms with E-state index in [1.807, 2.05) is 0 Å². The van der Waals surface area contributed by atoms with Crippen LogP contribution < -0.4 is 0 Å². The molecule has 4 nitrogen and oxygen atoms in total. The fourth-order valence-electron chi connectivity index (χ4n) is 4.32. The zero-order chi connectivity index (χ0) is 13.9. The van der Waals surface area contributed by atoms with Gasteiger partial charge in [-0.1, -0.05) is 6.42 Å². The van der Waals surface area contributed by atoms with Gasteiger partial charge in [0.2, 0.25) is 0 Å². The minimum atomic E-state index is -0.322. The van der Waals surface area contributed by atoms with Crippen LogP contribution in [0.4, 0.5) is 0 Å². The van der Waals surface area contributed by atoms with Crippen molar-refractivity contribution in [3.05, 3.63) is 0 Å². The van der Waals surface area contributed by atoms with Gasteiger partial charge < -0.3 is 14.7 Å². The van der Waals surface area contributed by atoms with Crippen LogP contribution in [0.15, 0.2) is 0 Å². The Balaban J connectivity index is 1.28. The Kier molecular flexibility index (Phi) is 4.97. The monoisotopic (exact) mass is 282 g/mol. The number of ether oxygens (including phenoxy) is 1. The molecule has 1 heterocycles. The lowest BCUT2D eigenvalue weighted by Crippen LogP contribution is -2.47. The Morgan fingerprint density at radius 1 is 1.15 bits per heavy atom. The first kappa shape index (κ1) is 14.8. The molecule has 4 heteroatoms. The van der Waals surface area contributed by atoms with E-state index in [2.05, 4.69) is 16.8 Å². The molecule has 0 unspecified atom stereocenters. The average molecular weight is 282 g/mol. The number of piperazine rings is 1. The number of aliphatic hydroxyl groups is 1. The molecule has 2 saturated carbocycles. The van der Waals surface area contributed by atoms with E-state index < -0.39 is 0 Å². The van der Waals surface area contributed by atoms with Gasteiger partial charge in [0.1, 0.15) is 0 Å². The molecule has 2 bridgehead atoms. The van der Waals surface area contributed by atoms with Crippen molar-refractivity contribution in [2.75, 3.05) is 53.0 Å². The minimum Gasteiger partial charge on any atom is -0.389 e. The number of hydrogen-bond acceptors (Lipinski definition) is 4. The second-order valence-electron chi connectivity index (χ2n) is 7.23. The van der Waals surface area contributed by atoms with E-state index in [9.17, 15) is 5.11 Å².